The number of piperazine rings is 1. The lowest BCUT2D eigenvalue weighted by Crippen LogP contribution is -2.46. The van der Waals surface area contributed by atoms with Gasteiger partial charge in [0.2, 0.25) is 5.95 Å². The van der Waals surface area contributed by atoms with Crippen LogP contribution in [-0.2, 0) is 13.0 Å². The van der Waals surface area contributed by atoms with Gasteiger partial charge in [0.1, 0.15) is 5.82 Å². The summed E-state index contributed by atoms with van der Waals surface area (Å²) in [4.78, 5) is 32.3. The Labute approximate surface area is 184 Å². The van der Waals surface area contributed by atoms with E-state index in [0.717, 1.165) is 74.3 Å². The summed E-state index contributed by atoms with van der Waals surface area (Å²) in [5.74, 6) is 2.02. The average Bonchev–Trinajstić information content (AvgIpc) is 2.84. The van der Waals surface area contributed by atoms with E-state index in [9.17, 15) is 4.79 Å². The van der Waals surface area contributed by atoms with Crippen molar-refractivity contribution in [1.82, 2.24) is 19.8 Å². The van der Waals surface area contributed by atoms with Crippen LogP contribution < -0.4 is 9.80 Å². The van der Waals surface area contributed by atoms with Crippen molar-refractivity contribution in [1.29, 1.82) is 0 Å². The van der Waals surface area contributed by atoms with Crippen LogP contribution >= 0.6 is 0 Å². The summed E-state index contributed by atoms with van der Waals surface area (Å²) in [6.45, 7) is 7.37. The van der Waals surface area contributed by atoms with Crippen LogP contribution in [-0.4, -0.2) is 78.5 Å². The number of anilines is 2. The fraction of sp³-hybridized carbons (Fsp3) is 0.542. The van der Waals surface area contributed by atoms with Gasteiger partial charge in [-0.2, -0.15) is 4.98 Å². The van der Waals surface area contributed by atoms with E-state index in [0.29, 0.717) is 13.1 Å². The largest absolute Gasteiger partial charge is 0.354 e. The van der Waals surface area contributed by atoms with Crippen LogP contribution in [0.15, 0.2) is 30.3 Å². The van der Waals surface area contributed by atoms with Crippen molar-refractivity contribution >= 4 is 17.7 Å². The van der Waals surface area contributed by atoms with Crippen LogP contribution in [0.25, 0.3) is 0 Å². The lowest BCUT2D eigenvalue weighted by Gasteiger charge is -2.38. The molecule has 0 atom stereocenters. The second-order valence-corrected chi connectivity index (χ2v) is 8.95. The number of nitrogens with zero attached hydrogens (tertiary/aromatic N) is 6. The molecule has 3 aliphatic rings. The third kappa shape index (κ3) is 4.24. The summed E-state index contributed by atoms with van der Waals surface area (Å²) in [5.41, 5.74) is 3.01. The maximum atomic E-state index is 13.1. The van der Waals surface area contributed by atoms with E-state index in [1.54, 1.807) is 0 Å². The number of likely N-dealkylation sites (N-methyl/N-ethyl adjacent to an activating group) is 1. The number of piperidine rings is 1. The fourth-order valence-corrected chi connectivity index (χ4v) is 4.84. The Balaban J connectivity index is 1.47. The van der Waals surface area contributed by atoms with Crippen LogP contribution in [0.3, 0.4) is 0 Å². The molecule has 2 saturated heterocycles. The highest BCUT2D eigenvalue weighted by Crippen LogP contribution is 2.31. The number of benzene rings is 1. The summed E-state index contributed by atoms with van der Waals surface area (Å²) >= 11 is 0. The minimum Gasteiger partial charge on any atom is -0.354 e. The molecule has 0 N–H and O–H groups in total. The van der Waals surface area contributed by atoms with Gasteiger partial charge in [0.15, 0.2) is 0 Å². The van der Waals surface area contributed by atoms with Gasteiger partial charge >= 0.3 is 0 Å². The van der Waals surface area contributed by atoms with Gasteiger partial charge in [-0.05, 0) is 38.4 Å². The SMILES string of the molecule is CN1CCN(c2nc(N3CCCCC3)nc3c2CN(C(=O)c2ccccc2)CC3)CC1. The number of carbonyl (C=O) groups excluding carboxylic acids is 1. The Bertz CT molecular complexity index is 919. The minimum absolute atomic E-state index is 0.0932. The lowest BCUT2D eigenvalue weighted by atomic mass is 10.0. The summed E-state index contributed by atoms with van der Waals surface area (Å²) in [5, 5.41) is 0. The zero-order chi connectivity index (χ0) is 21.2. The molecular formula is C24H32N6O. The second kappa shape index (κ2) is 8.83. The molecule has 164 valence electrons. The Hall–Kier alpha value is -2.67. The molecule has 0 unspecified atom stereocenters. The minimum atomic E-state index is 0.0932. The Morgan fingerprint density at radius 2 is 1.58 bits per heavy atom. The topological polar surface area (TPSA) is 55.8 Å². The molecule has 0 aliphatic carbocycles. The molecule has 2 aromatic rings. The van der Waals surface area contributed by atoms with E-state index in [-0.39, 0.29) is 5.91 Å². The maximum Gasteiger partial charge on any atom is 0.254 e. The van der Waals surface area contributed by atoms with E-state index in [4.69, 9.17) is 9.97 Å². The van der Waals surface area contributed by atoms with Crippen molar-refractivity contribution in [2.75, 3.05) is 62.7 Å². The predicted molar refractivity (Wildman–Crippen MR) is 123 cm³/mol. The zero-order valence-electron chi connectivity index (χ0n) is 18.5. The zero-order valence-corrected chi connectivity index (χ0v) is 18.5. The van der Waals surface area contributed by atoms with Gasteiger partial charge in [-0.25, -0.2) is 4.98 Å². The van der Waals surface area contributed by atoms with Crippen molar-refractivity contribution in [3.63, 3.8) is 0 Å². The van der Waals surface area contributed by atoms with E-state index >= 15 is 0 Å². The standard InChI is InChI=1S/C24H32N6O/c1-27-14-16-28(17-15-27)22-20-18-30(23(31)19-8-4-2-5-9-19)13-10-21(20)25-24(26-22)29-11-6-3-7-12-29/h2,4-5,8-9H,3,6-7,10-18H2,1H3. The number of hydrogen-bond donors (Lipinski definition) is 0. The molecule has 0 bridgehead atoms. The predicted octanol–water partition coefficient (Wildman–Crippen LogP) is 2.42. The Morgan fingerprint density at radius 1 is 0.839 bits per heavy atom. The molecule has 4 heterocycles. The molecule has 1 aromatic heterocycles. The van der Waals surface area contributed by atoms with Crippen molar-refractivity contribution in [2.45, 2.75) is 32.2 Å². The first kappa shape index (κ1) is 20.2. The number of hydrogen-bond acceptors (Lipinski definition) is 6. The molecule has 1 amide bonds. The number of fused-ring (bicyclic) bond motifs is 1. The molecule has 0 radical (unpaired) electrons. The third-order valence-corrected chi connectivity index (χ3v) is 6.78. The fourth-order valence-electron chi connectivity index (χ4n) is 4.84. The molecule has 31 heavy (non-hydrogen) atoms. The van der Waals surface area contributed by atoms with E-state index in [1.807, 2.05) is 35.2 Å². The first-order valence-electron chi connectivity index (χ1n) is 11.6. The van der Waals surface area contributed by atoms with Gasteiger partial charge in [0, 0.05) is 63.4 Å². The summed E-state index contributed by atoms with van der Waals surface area (Å²) < 4.78 is 0. The smallest absolute Gasteiger partial charge is 0.254 e. The van der Waals surface area contributed by atoms with Crippen molar-refractivity contribution in [3.05, 3.63) is 47.2 Å². The third-order valence-electron chi connectivity index (χ3n) is 6.78. The Kier molecular flexibility index (Phi) is 5.76. The highest BCUT2D eigenvalue weighted by atomic mass is 16.2. The highest BCUT2D eigenvalue weighted by Gasteiger charge is 2.30. The molecular weight excluding hydrogens is 388 g/mol. The number of aromatic nitrogens is 2. The molecule has 3 aliphatic heterocycles. The monoisotopic (exact) mass is 420 g/mol. The lowest BCUT2D eigenvalue weighted by molar-refractivity contribution is 0.0733. The van der Waals surface area contributed by atoms with Gasteiger partial charge in [0.25, 0.3) is 5.91 Å². The van der Waals surface area contributed by atoms with Crippen molar-refractivity contribution in [2.24, 2.45) is 0 Å². The van der Waals surface area contributed by atoms with Crippen LogP contribution in [0, 0.1) is 0 Å². The van der Waals surface area contributed by atoms with Crippen LogP contribution in [0.5, 0.6) is 0 Å². The Morgan fingerprint density at radius 3 is 2.32 bits per heavy atom. The molecule has 7 heteroatoms. The molecule has 0 saturated carbocycles. The highest BCUT2D eigenvalue weighted by molar-refractivity contribution is 5.94. The summed E-state index contributed by atoms with van der Waals surface area (Å²) in [6.07, 6.45) is 4.51. The normalized spacial score (nSPS) is 20.0. The molecule has 2 fully saturated rings. The first-order chi connectivity index (χ1) is 15.2. The van der Waals surface area contributed by atoms with Gasteiger partial charge in [0.05, 0.1) is 12.2 Å². The number of carbonyl (C=O) groups is 1. The second-order valence-electron chi connectivity index (χ2n) is 8.95. The summed E-state index contributed by atoms with van der Waals surface area (Å²) in [6, 6.07) is 9.59. The van der Waals surface area contributed by atoms with E-state index in [2.05, 4.69) is 21.7 Å². The maximum absolute atomic E-state index is 13.1. The van der Waals surface area contributed by atoms with Gasteiger partial charge in [-0.3, -0.25) is 4.79 Å². The van der Waals surface area contributed by atoms with Crippen molar-refractivity contribution in [3.8, 4) is 0 Å². The van der Waals surface area contributed by atoms with Crippen LogP contribution in [0.1, 0.15) is 40.9 Å². The number of rotatable bonds is 3. The molecule has 0 spiro atoms. The summed E-state index contributed by atoms with van der Waals surface area (Å²) in [7, 11) is 2.17. The van der Waals surface area contributed by atoms with Crippen LogP contribution in [0.2, 0.25) is 0 Å². The molecule has 1 aromatic carbocycles. The first-order valence-corrected chi connectivity index (χ1v) is 11.6. The van der Waals surface area contributed by atoms with Gasteiger partial charge < -0.3 is 19.6 Å². The van der Waals surface area contributed by atoms with Gasteiger partial charge in [-0.15, -0.1) is 0 Å². The van der Waals surface area contributed by atoms with Gasteiger partial charge in [-0.1, -0.05) is 18.2 Å². The van der Waals surface area contributed by atoms with E-state index in [1.165, 1.54) is 19.3 Å². The number of amides is 1. The molecule has 7 nitrogen and oxygen atoms in total. The average molecular weight is 421 g/mol. The van der Waals surface area contributed by atoms with Crippen molar-refractivity contribution < 1.29 is 4.79 Å². The van der Waals surface area contributed by atoms with Crippen LogP contribution in [0.4, 0.5) is 11.8 Å². The van der Waals surface area contributed by atoms with E-state index < -0.39 is 0 Å². The quantitative estimate of drug-likeness (QED) is 0.760. The molecule has 5 rings (SSSR count).